The number of para-hydroxylation sites is 1. The predicted molar refractivity (Wildman–Crippen MR) is 198 cm³/mol. The van der Waals surface area contributed by atoms with E-state index in [1.54, 1.807) is 13.1 Å². The number of piperazine rings is 1. The summed E-state index contributed by atoms with van der Waals surface area (Å²) in [7, 11) is 5.03. The maximum absolute atomic E-state index is 13.7. The van der Waals surface area contributed by atoms with Gasteiger partial charge in [-0.15, -0.1) is 24.8 Å². The lowest BCUT2D eigenvalue weighted by Gasteiger charge is -2.32. The van der Waals surface area contributed by atoms with Crippen molar-refractivity contribution in [1.82, 2.24) is 19.8 Å². The fraction of sp³-hybridized carbons (Fsp3) is 0.389. The van der Waals surface area contributed by atoms with Gasteiger partial charge in [-0.3, -0.25) is 14.4 Å². The van der Waals surface area contributed by atoms with Gasteiger partial charge in [-0.1, -0.05) is 12.1 Å². The zero-order valence-electron chi connectivity index (χ0n) is 29.3. The van der Waals surface area contributed by atoms with Crippen LogP contribution in [0, 0.1) is 6.92 Å². The highest BCUT2D eigenvalue weighted by Gasteiger charge is 2.35. The molecule has 1 saturated heterocycles. The molecule has 0 unspecified atom stereocenters. The van der Waals surface area contributed by atoms with Crippen molar-refractivity contribution in [2.45, 2.75) is 38.8 Å². The molecule has 3 aromatic carbocycles. The highest BCUT2D eigenvalue weighted by atomic mass is 35.5. The van der Waals surface area contributed by atoms with Crippen LogP contribution in [0.5, 0.6) is 11.5 Å². The first-order chi connectivity index (χ1) is 23.8. The zero-order valence-corrected chi connectivity index (χ0v) is 31.0. The minimum absolute atomic E-state index is 0. The highest BCUT2D eigenvalue weighted by molar-refractivity contribution is 6.11. The maximum Gasteiger partial charge on any atom is 0.449 e. The quantitative estimate of drug-likeness (QED) is 0.149. The predicted octanol–water partition coefficient (Wildman–Crippen LogP) is 6.98. The number of rotatable bonds is 12. The standard InChI is InChI=1S/C36H41F3N6O5.2ClH/c1-23-12-15-28(30(21-23)50-20-7-5-6-11-31(46)45-18-16-43(2)17-19-45)44(3)34(48)24-13-14-25(29(22-24)49-4)33(47)40-26-9-8-10-27-32(26)42-35(41-27)36(37,38)39;;/h8-10,12-15,21-22H,5-7,11,16-20H2,1-4H3,(H,40,47)(H,41,42);2*1H. The molecule has 16 heteroatoms. The summed E-state index contributed by atoms with van der Waals surface area (Å²) in [6, 6.07) is 14.2. The Morgan fingerprint density at radius 1 is 0.962 bits per heavy atom. The van der Waals surface area contributed by atoms with E-state index >= 15 is 0 Å². The molecule has 2 N–H and O–H groups in total. The normalized spacial score (nSPS) is 13.2. The Morgan fingerprint density at radius 3 is 2.38 bits per heavy atom. The summed E-state index contributed by atoms with van der Waals surface area (Å²) >= 11 is 0. The number of anilines is 2. The number of halogens is 5. The van der Waals surface area contributed by atoms with Crippen molar-refractivity contribution >= 4 is 64.9 Å². The van der Waals surface area contributed by atoms with Gasteiger partial charge < -0.3 is 34.5 Å². The van der Waals surface area contributed by atoms with Gasteiger partial charge in [0, 0.05) is 45.2 Å². The van der Waals surface area contributed by atoms with E-state index in [4.69, 9.17) is 9.47 Å². The number of likely N-dealkylation sites (N-methyl/N-ethyl adjacent to an activating group) is 1. The van der Waals surface area contributed by atoms with E-state index < -0.39 is 17.9 Å². The Kier molecular flexibility index (Phi) is 14.7. The maximum atomic E-state index is 13.7. The van der Waals surface area contributed by atoms with Crippen molar-refractivity contribution in [3.8, 4) is 11.5 Å². The number of benzene rings is 3. The Labute approximate surface area is 312 Å². The van der Waals surface area contributed by atoms with E-state index in [1.165, 1.54) is 48.4 Å². The Hall–Kier alpha value is -4.53. The minimum atomic E-state index is -4.68. The van der Waals surface area contributed by atoms with E-state index in [-0.39, 0.29) is 70.2 Å². The number of H-pyrrole nitrogens is 1. The summed E-state index contributed by atoms with van der Waals surface area (Å²) in [6.45, 7) is 5.69. The second kappa shape index (κ2) is 18.3. The van der Waals surface area contributed by atoms with Crippen molar-refractivity contribution < 1.29 is 37.0 Å². The van der Waals surface area contributed by atoms with E-state index in [2.05, 4.69) is 27.2 Å². The number of hydrogen-bond acceptors (Lipinski definition) is 7. The number of aromatic nitrogens is 2. The van der Waals surface area contributed by atoms with Gasteiger partial charge in [-0.25, -0.2) is 4.98 Å². The Bertz CT molecular complexity index is 1860. The third kappa shape index (κ3) is 10.1. The smallest absolute Gasteiger partial charge is 0.449 e. The van der Waals surface area contributed by atoms with Crippen molar-refractivity contribution in [3.63, 3.8) is 0 Å². The fourth-order valence-electron chi connectivity index (χ4n) is 5.74. The second-order valence-corrected chi connectivity index (χ2v) is 12.3. The van der Waals surface area contributed by atoms with Gasteiger partial charge in [0.15, 0.2) is 0 Å². The molecular formula is C36H43Cl2F3N6O5. The number of aryl methyl sites for hydroxylation is 1. The number of methoxy groups -OCH3 is 1. The number of nitrogens with one attached hydrogen (secondary N) is 2. The summed E-state index contributed by atoms with van der Waals surface area (Å²) in [5.74, 6) is -1.38. The third-order valence-corrected chi connectivity index (χ3v) is 8.65. The lowest BCUT2D eigenvalue weighted by atomic mass is 10.1. The van der Waals surface area contributed by atoms with Gasteiger partial charge in [0.05, 0.1) is 36.2 Å². The van der Waals surface area contributed by atoms with Gasteiger partial charge in [-0.05, 0) is 81.3 Å². The molecule has 1 aliphatic heterocycles. The molecule has 1 fully saturated rings. The van der Waals surface area contributed by atoms with Crippen LogP contribution < -0.4 is 19.7 Å². The Morgan fingerprint density at radius 2 is 1.69 bits per heavy atom. The highest BCUT2D eigenvalue weighted by Crippen LogP contribution is 2.33. The molecule has 5 rings (SSSR count). The van der Waals surface area contributed by atoms with Crippen LogP contribution in [-0.4, -0.2) is 91.5 Å². The molecule has 0 aliphatic carbocycles. The van der Waals surface area contributed by atoms with Crippen LogP contribution in [0.15, 0.2) is 54.6 Å². The van der Waals surface area contributed by atoms with Gasteiger partial charge in [0.1, 0.15) is 17.0 Å². The molecule has 11 nitrogen and oxygen atoms in total. The SMILES string of the molecule is COc1cc(C(=O)N(C)c2ccc(C)cc2OCCCCCC(=O)N2CCN(C)CC2)ccc1C(=O)Nc1cccc2[nH]c(C(F)(F)F)nc12.Cl.Cl. The summed E-state index contributed by atoms with van der Waals surface area (Å²) < 4.78 is 51.2. The van der Waals surface area contributed by atoms with Crippen LogP contribution in [0.3, 0.4) is 0 Å². The van der Waals surface area contributed by atoms with Crippen molar-refractivity contribution in [1.29, 1.82) is 0 Å². The molecule has 0 saturated carbocycles. The number of aromatic amines is 1. The average molecular weight is 768 g/mol. The molecule has 1 aromatic heterocycles. The van der Waals surface area contributed by atoms with Crippen molar-refractivity contribution in [3.05, 3.63) is 77.1 Å². The molecule has 0 atom stereocenters. The van der Waals surface area contributed by atoms with Crippen LogP contribution in [0.4, 0.5) is 24.5 Å². The molecular weight excluding hydrogens is 724 g/mol. The summed E-state index contributed by atoms with van der Waals surface area (Å²) in [5, 5.41) is 2.60. The monoisotopic (exact) mass is 766 g/mol. The molecule has 282 valence electrons. The first-order valence-electron chi connectivity index (χ1n) is 16.4. The second-order valence-electron chi connectivity index (χ2n) is 12.3. The number of carbonyl (C=O) groups excluding carboxylic acids is 3. The summed E-state index contributed by atoms with van der Waals surface area (Å²) in [4.78, 5) is 50.9. The van der Waals surface area contributed by atoms with Gasteiger partial charge in [0.2, 0.25) is 11.7 Å². The van der Waals surface area contributed by atoms with Crippen LogP contribution >= 0.6 is 24.8 Å². The van der Waals surface area contributed by atoms with Crippen LogP contribution in [0.1, 0.15) is 57.8 Å². The first-order valence-corrected chi connectivity index (χ1v) is 16.4. The van der Waals surface area contributed by atoms with E-state index in [0.29, 0.717) is 24.5 Å². The molecule has 2 heterocycles. The van der Waals surface area contributed by atoms with E-state index in [9.17, 15) is 27.6 Å². The molecule has 1 aliphatic rings. The largest absolute Gasteiger partial charge is 0.496 e. The number of alkyl halides is 3. The number of ether oxygens (including phenoxy) is 2. The number of amides is 3. The lowest BCUT2D eigenvalue weighted by Crippen LogP contribution is -2.47. The van der Waals surface area contributed by atoms with Crippen LogP contribution in [0.2, 0.25) is 0 Å². The summed E-state index contributed by atoms with van der Waals surface area (Å²) in [5.41, 5.74) is 1.96. The van der Waals surface area contributed by atoms with Gasteiger partial charge >= 0.3 is 6.18 Å². The van der Waals surface area contributed by atoms with Crippen molar-refractivity contribution in [2.24, 2.45) is 0 Å². The number of imidazole rings is 1. The third-order valence-electron chi connectivity index (χ3n) is 8.65. The summed E-state index contributed by atoms with van der Waals surface area (Å²) in [6.07, 6.45) is -1.80. The number of nitrogens with zero attached hydrogens (tertiary/aromatic N) is 4. The van der Waals surface area contributed by atoms with Crippen LogP contribution in [-0.2, 0) is 11.0 Å². The molecule has 0 spiro atoms. The van der Waals surface area contributed by atoms with Crippen molar-refractivity contribution in [2.75, 3.05) is 64.2 Å². The Balaban J connectivity index is 0.00000364. The molecule has 52 heavy (non-hydrogen) atoms. The topological polar surface area (TPSA) is 120 Å². The molecule has 0 bridgehead atoms. The van der Waals surface area contributed by atoms with Crippen LogP contribution in [0.25, 0.3) is 11.0 Å². The zero-order chi connectivity index (χ0) is 36.0. The number of fused-ring (bicyclic) bond motifs is 1. The molecule has 0 radical (unpaired) electrons. The van der Waals surface area contributed by atoms with E-state index in [1.807, 2.05) is 24.0 Å². The number of unbranched alkanes of at least 4 members (excludes halogenated alkanes) is 2. The van der Waals surface area contributed by atoms with E-state index in [0.717, 1.165) is 51.0 Å². The van der Waals surface area contributed by atoms with Gasteiger partial charge in [-0.2, -0.15) is 13.2 Å². The average Bonchev–Trinajstić information content (AvgIpc) is 3.56. The lowest BCUT2D eigenvalue weighted by molar-refractivity contribution is -0.144. The van der Waals surface area contributed by atoms with Gasteiger partial charge in [0.25, 0.3) is 11.8 Å². The minimum Gasteiger partial charge on any atom is -0.496 e. The number of carbonyl (C=O) groups is 3. The molecule has 4 aromatic rings. The first kappa shape index (κ1) is 41.9. The number of hydrogen-bond donors (Lipinski definition) is 2. The molecule has 3 amide bonds. The fourth-order valence-corrected chi connectivity index (χ4v) is 5.74.